The summed E-state index contributed by atoms with van der Waals surface area (Å²) in [4.78, 5) is 29.1. The second-order valence-electron chi connectivity index (χ2n) is 8.98. The van der Waals surface area contributed by atoms with Crippen LogP contribution in [0.15, 0.2) is 4.99 Å². The summed E-state index contributed by atoms with van der Waals surface area (Å²) < 4.78 is 0. The van der Waals surface area contributed by atoms with Crippen molar-refractivity contribution in [3.63, 3.8) is 0 Å². The maximum Gasteiger partial charge on any atom is 0.236 e. The quantitative estimate of drug-likeness (QED) is 0.507. The van der Waals surface area contributed by atoms with Gasteiger partial charge in [-0.1, -0.05) is 12.8 Å². The van der Waals surface area contributed by atoms with Crippen LogP contribution in [0.3, 0.4) is 0 Å². The number of hydrogen-bond acceptors (Lipinski definition) is 5. The van der Waals surface area contributed by atoms with E-state index in [1.165, 1.54) is 45.6 Å². The number of carbonyl (C=O) groups is 1. The van der Waals surface area contributed by atoms with Crippen molar-refractivity contribution in [2.24, 2.45) is 4.99 Å². The number of aliphatic imine (C=N–C) groups is 1. The molecule has 2 bridgehead atoms. The standard InChI is InChI=1S/C21H39N7O/c1-22-21(23-16-19-17-24-8-12-26(19)13-9-24)28-14-10-25(11-15-28)18-20(29)27-6-4-2-3-5-7-27/h19H,2-18H2,1H3,(H,22,23). The molecule has 5 saturated heterocycles. The van der Waals surface area contributed by atoms with Crippen LogP contribution in [-0.4, -0.2) is 135 Å². The van der Waals surface area contributed by atoms with Crippen molar-refractivity contribution in [2.75, 3.05) is 92.1 Å². The Balaban J connectivity index is 1.19. The van der Waals surface area contributed by atoms with Crippen molar-refractivity contribution < 1.29 is 4.79 Å². The van der Waals surface area contributed by atoms with E-state index >= 15 is 0 Å². The van der Waals surface area contributed by atoms with Gasteiger partial charge in [-0.3, -0.25) is 24.5 Å². The Morgan fingerprint density at radius 1 is 0.862 bits per heavy atom. The van der Waals surface area contributed by atoms with Gasteiger partial charge < -0.3 is 15.1 Å². The zero-order valence-corrected chi connectivity index (χ0v) is 18.2. The summed E-state index contributed by atoms with van der Waals surface area (Å²) in [6.07, 6.45) is 4.87. The molecule has 5 aliphatic rings. The van der Waals surface area contributed by atoms with Gasteiger partial charge in [0.25, 0.3) is 0 Å². The van der Waals surface area contributed by atoms with Crippen LogP contribution >= 0.6 is 0 Å². The van der Waals surface area contributed by atoms with Gasteiger partial charge in [0.1, 0.15) is 0 Å². The lowest BCUT2D eigenvalue weighted by Gasteiger charge is -2.47. The summed E-state index contributed by atoms with van der Waals surface area (Å²) in [5.41, 5.74) is 0. The van der Waals surface area contributed by atoms with Gasteiger partial charge in [0.15, 0.2) is 5.96 Å². The predicted molar refractivity (Wildman–Crippen MR) is 116 cm³/mol. The molecule has 1 atom stereocenters. The zero-order valence-electron chi connectivity index (χ0n) is 18.2. The molecule has 0 aromatic carbocycles. The Bertz CT molecular complexity index is 559. The van der Waals surface area contributed by atoms with Gasteiger partial charge in [-0.05, 0) is 12.8 Å². The van der Waals surface area contributed by atoms with E-state index < -0.39 is 0 Å². The van der Waals surface area contributed by atoms with E-state index in [0.717, 1.165) is 64.6 Å². The van der Waals surface area contributed by atoms with Gasteiger partial charge in [-0.25, -0.2) is 0 Å². The van der Waals surface area contributed by atoms with Crippen molar-refractivity contribution in [3.05, 3.63) is 0 Å². The van der Waals surface area contributed by atoms with E-state index in [2.05, 4.69) is 34.8 Å². The minimum Gasteiger partial charge on any atom is -0.355 e. The number of hydrogen-bond donors (Lipinski definition) is 1. The van der Waals surface area contributed by atoms with Crippen molar-refractivity contribution >= 4 is 11.9 Å². The SMILES string of the molecule is CN=C(NCC1CN2CCN1CC2)N1CCN(CC(=O)N2CCCCCC2)CC1. The monoisotopic (exact) mass is 405 g/mol. The molecule has 0 aliphatic carbocycles. The number of nitrogens with one attached hydrogen (secondary N) is 1. The van der Waals surface area contributed by atoms with E-state index in [-0.39, 0.29) is 0 Å². The lowest BCUT2D eigenvalue weighted by molar-refractivity contribution is -0.132. The van der Waals surface area contributed by atoms with Crippen molar-refractivity contribution in [1.29, 1.82) is 0 Å². The van der Waals surface area contributed by atoms with E-state index in [9.17, 15) is 4.79 Å². The first kappa shape index (κ1) is 20.9. The van der Waals surface area contributed by atoms with E-state index in [4.69, 9.17) is 0 Å². The molecule has 8 nitrogen and oxygen atoms in total. The molecule has 1 N–H and O–H groups in total. The summed E-state index contributed by atoms with van der Waals surface area (Å²) in [7, 11) is 1.88. The minimum absolute atomic E-state index is 0.319. The Morgan fingerprint density at radius 2 is 1.55 bits per heavy atom. The first-order valence-electron chi connectivity index (χ1n) is 11.6. The molecule has 5 heterocycles. The second kappa shape index (κ2) is 10.1. The summed E-state index contributed by atoms with van der Waals surface area (Å²) in [5, 5.41) is 3.62. The molecule has 164 valence electrons. The van der Waals surface area contributed by atoms with Gasteiger partial charge in [-0.2, -0.15) is 0 Å². The highest BCUT2D eigenvalue weighted by molar-refractivity contribution is 5.80. The Kier molecular flexibility index (Phi) is 7.26. The van der Waals surface area contributed by atoms with Crippen LogP contribution in [0.2, 0.25) is 0 Å². The van der Waals surface area contributed by atoms with E-state index in [1.54, 1.807) is 0 Å². The number of guanidine groups is 1. The van der Waals surface area contributed by atoms with Crippen LogP contribution < -0.4 is 5.32 Å². The number of nitrogens with zero attached hydrogens (tertiary/aromatic N) is 6. The highest BCUT2D eigenvalue weighted by Crippen LogP contribution is 2.15. The predicted octanol–water partition coefficient (Wildman–Crippen LogP) is -0.418. The number of piperazine rings is 4. The van der Waals surface area contributed by atoms with E-state index in [1.807, 2.05) is 7.05 Å². The maximum absolute atomic E-state index is 12.7. The molecule has 0 radical (unpaired) electrons. The third-order valence-electron chi connectivity index (χ3n) is 7.09. The Hall–Kier alpha value is -1.38. The third-order valence-corrected chi connectivity index (χ3v) is 7.09. The molecule has 8 heteroatoms. The number of fused-ring (bicyclic) bond motifs is 3. The molecule has 5 fully saturated rings. The summed E-state index contributed by atoms with van der Waals surface area (Å²) in [5.74, 6) is 1.33. The molecule has 1 amide bonds. The van der Waals surface area contributed by atoms with Crippen LogP contribution in [0.25, 0.3) is 0 Å². The average Bonchev–Trinajstić information content (AvgIpc) is 3.06. The number of carbonyl (C=O) groups excluding carboxylic acids is 1. The average molecular weight is 406 g/mol. The van der Waals surface area contributed by atoms with Gasteiger partial charge >= 0.3 is 0 Å². The van der Waals surface area contributed by atoms with Crippen molar-refractivity contribution in [1.82, 2.24) is 29.8 Å². The smallest absolute Gasteiger partial charge is 0.236 e. The second-order valence-corrected chi connectivity index (χ2v) is 8.98. The number of rotatable bonds is 4. The maximum atomic E-state index is 12.7. The molecular weight excluding hydrogens is 366 g/mol. The van der Waals surface area contributed by atoms with Gasteiger partial charge in [0.05, 0.1) is 6.54 Å². The molecule has 29 heavy (non-hydrogen) atoms. The number of amides is 1. The molecule has 0 spiro atoms. The fourth-order valence-corrected chi connectivity index (χ4v) is 5.19. The topological polar surface area (TPSA) is 57.7 Å². The Morgan fingerprint density at radius 3 is 2.14 bits per heavy atom. The van der Waals surface area contributed by atoms with Gasteiger partial charge in [-0.15, -0.1) is 0 Å². The highest BCUT2D eigenvalue weighted by atomic mass is 16.2. The molecule has 0 saturated carbocycles. The largest absolute Gasteiger partial charge is 0.355 e. The summed E-state index contributed by atoms with van der Waals surface area (Å²) in [6, 6.07) is 0.599. The van der Waals surface area contributed by atoms with Crippen molar-refractivity contribution in [3.8, 4) is 0 Å². The molecule has 0 aromatic heterocycles. The molecule has 1 unspecified atom stereocenters. The third kappa shape index (κ3) is 5.41. The lowest BCUT2D eigenvalue weighted by Crippen LogP contribution is -2.64. The first-order chi connectivity index (χ1) is 14.2. The zero-order chi connectivity index (χ0) is 20.1. The van der Waals surface area contributed by atoms with Crippen LogP contribution in [0.1, 0.15) is 25.7 Å². The molecular formula is C21H39N7O. The number of likely N-dealkylation sites (tertiary alicyclic amines) is 1. The molecule has 5 aliphatic heterocycles. The lowest BCUT2D eigenvalue weighted by atomic mass is 10.1. The van der Waals surface area contributed by atoms with Gasteiger partial charge in [0.2, 0.25) is 5.91 Å². The van der Waals surface area contributed by atoms with Crippen LogP contribution in [0.5, 0.6) is 0 Å². The Labute approximate surface area is 175 Å². The minimum atomic E-state index is 0.319. The van der Waals surface area contributed by atoms with Crippen LogP contribution in [0, 0.1) is 0 Å². The molecule has 0 aromatic rings. The normalized spacial score (nSPS) is 31.6. The van der Waals surface area contributed by atoms with Crippen LogP contribution in [-0.2, 0) is 4.79 Å². The van der Waals surface area contributed by atoms with Crippen LogP contribution in [0.4, 0.5) is 0 Å². The summed E-state index contributed by atoms with van der Waals surface area (Å²) >= 11 is 0. The highest BCUT2D eigenvalue weighted by Gasteiger charge is 2.32. The molecule has 5 rings (SSSR count). The van der Waals surface area contributed by atoms with E-state index in [0.29, 0.717) is 18.5 Å². The summed E-state index contributed by atoms with van der Waals surface area (Å²) in [6.45, 7) is 13.2. The fourth-order valence-electron chi connectivity index (χ4n) is 5.19. The van der Waals surface area contributed by atoms with Gasteiger partial charge in [0, 0.05) is 91.6 Å². The van der Waals surface area contributed by atoms with Crippen molar-refractivity contribution in [2.45, 2.75) is 31.7 Å². The fraction of sp³-hybridized carbons (Fsp3) is 0.905. The first-order valence-corrected chi connectivity index (χ1v) is 11.6.